The summed E-state index contributed by atoms with van der Waals surface area (Å²) in [5.74, 6) is 1.12. The van der Waals surface area contributed by atoms with E-state index in [2.05, 4.69) is 20.6 Å². The fourth-order valence-electron chi connectivity index (χ4n) is 2.54. The van der Waals surface area contributed by atoms with Gasteiger partial charge in [-0.15, -0.1) is 0 Å². The van der Waals surface area contributed by atoms with Crippen LogP contribution in [0.4, 0.5) is 17.2 Å². The normalized spacial score (nSPS) is 10.2. The standard InChI is InChI=1S/C21H20N4O4/c1-13(26)14-4-6-15(7-5-14)24-20-12-22-18(11-23-20)21(27)25-17-10-16(28-2)8-9-19(17)29-3/h4-12H,1-3H3,(H,23,24)(H,25,27). The van der Waals surface area contributed by atoms with Crippen LogP contribution in [0.15, 0.2) is 54.9 Å². The van der Waals surface area contributed by atoms with E-state index in [0.717, 1.165) is 5.69 Å². The molecule has 8 heteroatoms. The minimum Gasteiger partial charge on any atom is -0.497 e. The first-order valence-corrected chi connectivity index (χ1v) is 8.73. The second kappa shape index (κ2) is 8.83. The smallest absolute Gasteiger partial charge is 0.275 e. The maximum absolute atomic E-state index is 12.5. The van der Waals surface area contributed by atoms with Crippen LogP contribution in [0.5, 0.6) is 11.5 Å². The van der Waals surface area contributed by atoms with Crippen LogP contribution in [-0.4, -0.2) is 35.9 Å². The number of nitrogens with zero attached hydrogens (tertiary/aromatic N) is 2. The molecule has 0 spiro atoms. The van der Waals surface area contributed by atoms with Gasteiger partial charge < -0.3 is 20.1 Å². The lowest BCUT2D eigenvalue weighted by Crippen LogP contribution is -2.15. The van der Waals surface area contributed by atoms with Gasteiger partial charge in [0.15, 0.2) is 5.78 Å². The molecular formula is C21H20N4O4. The second-order valence-electron chi connectivity index (χ2n) is 6.07. The van der Waals surface area contributed by atoms with E-state index in [9.17, 15) is 9.59 Å². The number of Topliss-reactive ketones (excluding diaryl/α,β-unsaturated/α-hetero) is 1. The van der Waals surface area contributed by atoms with Crippen molar-refractivity contribution in [2.24, 2.45) is 0 Å². The molecule has 8 nitrogen and oxygen atoms in total. The van der Waals surface area contributed by atoms with Crippen LogP contribution < -0.4 is 20.1 Å². The monoisotopic (exact) mass is 392 g/mol. The molecule has 0 fully saturated rings. The largest absolute Gasteiger partial charge is 0.497 e. The van der Waals surface area contributed by atoms with Gasteiger partial charge in [-0.1, -0.05) is 0 Å². The molecule has 1 heterocycles. The first kappa shape index (κ1) is 19.8. The van der Waals surface area contributed by atoms with Crippen molar-refractivity contribution >= 4 is 28.9 Å². The number of ether oxygens (including phenoxy) is 2. The van der Waals surface area contributed by atoms with Gasteiger partial charge in [0, 0.05) is 17.3 Å². The van der Waals surface area contributed by atoms with E-state index in [0.29, 0.717) is 28.6 Å². The van der Waals surface area contributed by atoms with Crippen molar-refractivity contribution in [1.29, 1.82) is 0 Å². The van der Waals surface area contributed by atoms with Gasteiger partial charge in [0.1, 0.15) is 23.0 Å². The maximum atomic E-state index is 12.5. The van der Waals surface area contributed by atoms with Crippen LogP contribution in [0.1, 0.15) is 27.8 Å². The highest BCUT2D eigenvalue weighted by atomic mass is 16.5. The lowest BCUT2D eigenvalue weighted by molar-refractivity contribution is 0.101. The quantitative estimate of drug-likeness (QED) is 0.591. The lowest BCUT2D eigenvalue weighted by atomic mass is 10.1. The van der Waals surface area contributed by atoms with Gasteiger partial charge in [-0.3, -0.25) is 9.59 Å². The van der Waals surface area contributed by atoms with Gasteiger partial charge in [0.05, 0.1) is 32.3 Å². The van der Waals surface area contributed by atoms with Crippen molar-refractivity contribution in [1.82, 2.24) is 9.97 Å². The third-order valence-corrected chi connectivity index (χ3v) is 4.10. The fraction of sp³-hybridized carbons (Fsp3) is 0.143. The van der Waals surface area contributed by atoms with Gasteiger partial charge in [-0.25, -0.2) is 9.97 Å². The van der Waals surface area contributed by atoms with Crippen molar-refractivity contribution in [2.45, 2.75) is 6.92 Å². The number of carbonyl (C=O) groups excluding carboxylic acids is 2. The zero-order chi connectivity index (χ0) is 20.8. The highest BCUT2D eigenvalue weighted by molar-refractivity contribution is 6.03. The molecule has 0 radical (unpaired) electrons. The summed E-state index contributed by atoms with van der Waals surface area (Å²) in [6, 6.07) is 12.1. The fourth-order valence-corrected chi connectivity index (χ4v) is 2.54. The summed E-state index contributed by atoms with van der Waals surface area (Å²) in [6.45, 7) is 1.51. The Kier molecular flexibility index (Phi) is 6.03. The molecule has 1 aromatic heterocycles. The SMILES string of the molecule is COc1ccc(OC)c(NC(=O)c2cnc(Nc3ccc(C(C)=O)cc3)cn2)c1. The molecule has 0 aliphatic heterocycles. The molecule has 148 valence electrons. The van der Waals surface area contributed by atoms with Crippen LogP contribution >= 0.6 is 0 Å². The van der Waals surface area contributed by atoms with Crippen LogP contribution in [0, 0.1) is 0 Å². The number of benzene rings is 2. The van der Waals surface area contributed by atoms with Gasteiger partial charge >= 0.3 is 0 Å². The first-order chi connectivity index (χ1) is 14.0. The summed E-state index contributed by atoms with van der Waals surface area (Å²) in [5.41, 5.74) is 1.99. The molecule has 0 saturated heterocycles. The maximum Gasteiger partial charge on any atom is 0.275 e. The average Bonchev–Trinajstić information content (AvgIpc) is 2.74. The Balaban J connectivity index is 1.69. The Hall–Kier alpha value is -3.94. The molecule has 0 atom stereocenters. The third kappa shape index (κ3) is 4.86. The van der Waals surface area contributed by atoms with Crippen LogP contribution in [0.3, 0.4) is 0 Å². The second-order valence-corrected chi connectivity index (χ2v) is 6.07. The molecule has 0 unspecified atom stereocenters. The zero-order valence-electron chi connectivity index (χ0n) is 16.2. The number of methoxy groups -OCH3 is 2. The minimum absolute atomic E-state index is 0.000580. The molecule has 0 bridgehead atoms. The summed E-state index contributed by atoms with van der Waals surface area (Å²) in [6.07, 6.45) is 2.82. The predicted octanol–water partition coefficient (Wildman–Crippen LogP) is 3.69. The summed E-state index contributed by atoms with van der Waals surface area (Å²) >= 11 is 0. The summed E-state index contributed by atoms with van der Waals surface area (Å²) < 4.78 is 10.4. The van der Waals surface area contributed by atoms with Crippen molar-refractivity contribution < 1.29 is 19.1 Å². The van der Waals surface area contributed by atoms with Gasteiger partial charge in [-0.2, -0.15) is 0 Å². The van der Waals surface area contributed by atoms with Gasteiger partial charge in [-0.05, 0) is 43.3 Å². The zero-order valence-corrected chi connectivity index (χ0v) is 16.2. The summed E-state index contributed by atoms with van der Waals surface area (Å²) in [4.78, 5) is 32.2. The van der Waals surface area contributed by atoms with E-state index in [-0.39, 0.29) is 11.5 Å². The number of carbonyl (C=O) groups is 2. The molecule has 2 N–H and O–H groups in total. The average molecular weight is 392 g/mol. The van der Waals surface area contributed by atoms with Crippen molar-refractivity contribution in [3.05, 3.63) is 66.1 Å². The molecule has 0 aliphatic rings. The van der Waals surface area contributed by atoms with Crippen LogP contribution in [0.25, 0.3) is 0 Å². The number of hydrogen-bond donors (Lipinski definition) is 2. The van der Waals surface area contributed by atoms with E-state index in [1.165, 1.54) is 33.5 Å². The van der Waals surface area contributed by atoms with E-state index in [1.54, 1.807) is 42.5 Å². The molecule has 2 aromatic carbocycles. The first-order valence-electron chi connectivity index (χ1n) is 8.73. The van der Waals surface area contributed by atoms with Crippen molar-refractivity contribution in [3.8, 4) is 11.5 Å². The number of ketones is 1. The van der Waals surface area contributed by atoms with Crippen LogP contribution in [0.2, 0.25) is 0 Å². The molecule has 3 rings (SSSR count). The third-order valence-electron chi connectivity index (χ3n) is 4.10. The molecule has 1 amide bonds. The Morgan fingerprint density at radius 2 is 1.69 bits per heavy atom. The number of anilines is 3. The molecular weight excluding hydrogens is 372 g/mol. The minimum atomic E-state index is -0.429. The summed E-state index contributed by atoms with van der Waals surface area (Å²) in [7, 11) is 3.05. The number of nitrogens with one attached hydrogen (secondary N) is 2. The number of hydrogen-bond acceptors (Lipinski definition) is 7. The Bertz CT molecular complexity index is 1020. The molecule has 3 aromatic rings. The molecule has 0 aliphatic carbocycles. The highest BCUT2D eigenvalue weighted by Gasteiger charge is 2.13. The van der Waals surface area contributed by atoms with Gasteiger partial charge in [0.25, 0.3) is 5.91 Å². The van der Waals surface area contributed by atoms with E-state index in [1.807, 2.05) is 0 Å². The Morgan fingerprint density at radius 3 is 2.28 bits per heavy atom. The van der Waals surface area contributed by atoms with E-state index >= 15 is 0 Å². The molecule has 29 heavy (non-hydrogen) atoms. The van der Waals surface area contributed by atoms with Crippen molar-refractivity contribution in [3.63, 3.8) is 0 Å². The summed E-state index contributed by atoms with van der Waals surface area (Å²) in [5, 5.41) is 5.81. The van der Waals surface area contributed by atoms with Crippen molar-refractivity contribution in [2.75, 3.05) is 24.9 Å². The predicted molar refractivity (Wildman–Crippen MR) is 109 cm³/mol. The number of rotatable bonds is 7. The lowest BCUT2D eigenvalue weighted by Gasteiger charge is -2.11. The highest BCUT2D eigenvalue weighted by Crippen LogP contribution is 2.29. The van der Waals surface area contributed by atoms with E-state index in [4.69, 9.17) is 9.47 Å². The van der Waals surface area contributed by atoms with Gasteiger partial charge in [0.2, 0.25) is 0 Å². The number of amides is 1. The Morgan fingerprint density at radius 1 is 0.931 bits per heavy atom. The van der Waals surface area contributed by atoms with Crippen LogP contribution in [-0.2, 0) is 0 Å². The molecule has 0 saturated carbocycles. The number of aromatic nitrogens is 2. The van der Waals surface area contributed by atoms with E-state index < -0.39 is 5.91 Å². The Labute approximate surface area is 167 Å². The topological polar surface area (TPSA) is 102 Å².